The molecule has 1 aromatic rings. The fourth-order valence-corrected chi connectivity index (χ4v) is 2.98. The number of ether oxygens (including phenoxy) is 1. The van der Waals surface area contributed by atoms with E-state index in [1.165, 1.54) is 0 Å². The van der Waals surface area contributed by atoms with E-state index in [4.69, 9.17) is 21.2 Å². The third kappa shape index (κ3) is 7.33. The van der Waals surface area contributed by atoms with Crippen molar-refractivity contribution in [2.75, 3.05) is 26.2 Å². The second-order valence-corrected chi connectivity index (χ2v) is 7.01. The fourth-order valence-electron chi connectivity index (χ4n) is 2.85. The van der Waals surface area contributed by atoms with E-state index in [9.17, 15) is 9.90 Å². The molecule has 1 aliphatic heterocycles. The van der Waals surface area contributed by atoms with E-state index in [-0.39, 0.29) is 18.7 Å². The highest BCUT2D eigenvalue weighted by atomic mass is 35.5. The standard InChI is InChI=1S/C20H27ClN2O4/c1-3-5-20(25)26-14-17(24)12-23(10-4-2)13-18-11-19(22-27-18)15-6-8-16(21)9-7-15/h4,6-9,17-18,24H,2-3,5,10-14H2,1H3/t17-,18+/m0/s1. The van der Waals surface area contributed by atoms with Crippen LogP contribution >= 0.6 is 11.6 Å². The van der Waals surface area contributed by atoms with Gasteiger partial charge in [-0.2, -0.15) is 0 Å². The average molecular weight is 395 g/mol. The average Bonchev–Trinajstić information content (AvgIpc) is 3.09. The molecule has 1 aliphatic rings. The first kappa shape index (κ1) is 21.4. The molecule has 0 radical (unpaired) electrons. The lowest BCUT2D eigenvalue weighted by Crippen LogP contribution is -2.40. The molecule has 1 aromatic carbocycles. The van der Waals surface area contributed by atoms with Crippen LogP contribution in [0.3, 0.4) is 0 Å². The number of oxime groups is 1. The summed E-state index contributed by atoms with van der Waals surface area (Å²) in [4.78, 5) is 19.0. The molecule has 27 heavy (non-hydrogen) atoms. The molecule has 0 aliphatic carbocycles. The second-order valence-electron chi connectivity index (χ2n) is 6.57. The Morgan fingerprint density at radius 2 is 2.26 bits per heavy atom. The molecular formula is C20H27ClN2O4. The number of esters is 1. The molecule has 2 atom stereocenters. The van der Waals surface area contributed by atoms with Crippen LogP contribution in [0.5, 0.6) is 0 Å². The van der Waals surface area contributed by atoms with Gasteiger partial charge in [-0.3, -0.25) is 9.69 Å². The van der Waals surface area contributed by atoms with E-state index in [0.29, 0.717) is 37.5 Å². The summed E-state index contributed by atoms with van der Waals surface area (Å²) in [5.74, 6) is -0.285. The minimum absolute atomic E-state index is 0.00940. The Kier molecular flexibility index (Phi) is 8.78. The Balaban J connectivity index is 1.81. The van der Waals surface area contributed by atoms with Crippen molar-refractivity contribution in [3.63, 3.8) is 0 Å². The van der Waals surface area contributed by atoms with E-state index >= 15 is 0 Å². The van der Waals surface area contributed by atoms with E-state index in [2.05, 4.69) is 11.7 Å². The Morgan fingerprint density at radius 1 is 1.52 bits per heavy atom. The van der Waals surface area contributed by atoms with Crippen LogP contribution in [0.4, 0.5) is 0 Å². The quantitative estimate of drug-likeness (QED) is 0.461. The van der Waals surface area contributed by atoms with Gasteiger partial charge in [0.2, 0.25) is 0 Å². The summed E-state index contributed by atoms with van der Waals surface area (Å²) in [6.45, 7) is 7.21. The summed E-state index contributed by atoms with van der Waals surface area (Å²) in [6.07, 6.45) is 2.67. The SMILES string of the molecule is C=CCN(C[C@H](O)COC(=O)CCC)C[C@H]1CC(c2ccc(Cl)cc2)=NO1. The van der Waals surface area contributed by atoms with E-state index in [0.717, 1.165) is 17.7 Å². The van der Waals surface area contributed by atoms with Crippen LogP contribution in [0.1, 0.15) is 31.7 Å². The van der Waals surface area contributed by atoms with Crippen LogP contribution in [0.15, 0.2) is 42.1 Å². The normalized spacial score (nSPS) is 17.3. The summed E-state index contributed by atoms with van der Waals surface area (Å²) < 4.78 is 5.07. The van der Waals surface area contributed by atoms with E-state index in [1.807, 2.05) is 36.1 Å². The van der Waals surface area contributed by atoms with Crippen molar-refractivity contribution in [1.29, 1.82) is 0 Å². The Hall–Kier alpha value is -1.89. The van der Waals surface area contributed by atoms with Crippen molar-refractivity contribution in [3.05, 3.63) is 47.5 Å². The predicted octanol–water partition coefficient (Wildman–Crippen LogP) is 3.03. The van der Waals surface area contributed by atoms with Crippen LogP contribution in [-0.2, 0) is 14.4 Å². The Morgan fingerprint density at radius 3 is 2.93 bits per heavy atom. The molecule has 0 spiro atoms. The zero-order valence-electron chi connectivity index (χ0n) is 15.6. The molecule has 0 fully saturated rings. The van der Waals surface area contributed by atoms with Gasteiger partial charge in [0.1, 0.15) is 18.8 Å². The number of hydrogen-bond donors (Lipinski definition) is 1. The topological polar surface area (TPSA) is 71.4 Å². The van der Waals surface area contributed by atoms with Gasteiger partial charge in [-0.25, -0.2) is 0 Å². The van der Waals surface area contributed by atoms with Crippen molar-refractivity contribution in [2.24, 2.45) is 5.16 Å². The van der Waals surface area contributed by atoms with Crippen molar-refractivity contribution in [2.45, 2.75) is 38.4 Å². The van der Waals surface area contributed by atoms with Crippen LogP contribution in [0.2, 0.25) is 5.02 Å². The molecule has 7 heteroatoms. The van der Waals surface area contributed by atoms with Crippen molar-refractivity contribution < 1.29 is 19.5 Å². The van der Waals surface area contributed by atoms with Gasteiger partial charge in [0.15, 0.2) is 0 Å². The molecule has 0 bridgehead atoms. The minimum atomic E-state index is -0.760. The number of halogens is 1. The van der Waals surface area contributed by atoms with Crippen LogP contribution < -0.4 is 0 Å². The highest BCUT2D eigenvalue weighted by Gasteiger charge is 2.25. The summed E-state index contributed by atoms with van der Waals surface area (Å²) >= 11 is 5.92. The van der Waals surface area contributed by atoms with Crippen LogP contribution in [0.25, 0.3) is 0 Å². The van der Waals surface area contributed by atoms with Crippen LogP contribution in [0, 0.1) is 0 Å². The molecule has 0 saturated carbocycles. The number of hydrogen-bond acceptors (Lipinski definition) is 6. The third-order valence-electron chi connectivity index (χ3n) is 4.12. The molecule has 1 heterocycles. The maximum atomic E-state index is 11.4. The van der Waals surface area contributed by atoms with Crippen LogP contribution in [-0.4, -0.2) is 60.1 Å². The number of nitrogens with zero attached hydrogens (tertiary/aromatic N) is 2. The Labute approximate surface area is 165 Å². The molecule has 1 N–H and O–H groups in total. The largest absolute Gasteiger partial charge is 0.463 e. The Bertz CT molecular complexity index is 648. The lowest BCUT2D eigenvalue weighted by Gasteiger charge is -2.25. The van der Waals surface area contributed by atoms with Gasteiger partial charge < -0.3 is 14.7 Å². The maximum Gasteiger partial charge on any atom is 0.305 e. The predicted molar refractivity (Wildman–Crippen MR) is 106 cm³/mol. The molecule has 0 aromatic heterocycles. The first-order chi connectivity index (χ1) is 13.0. The van der Waals surface area contributed by atoms with Gasteiger partial charge in [0.25, 0.3) is 0 Å². The van der Waals surface area contributed by atoms with E-state index < -0.39 is 6.10 Å². The molecule has 0 amide bonds. The maximum absolute atomic E-state index is 11.4. The number of benzene rings is 1. The van der Waals surface area contributed by atoms with Gasteiger partial charge >= 0.3 is 5.97 Å². The monoisotopic (exact) mass is 394 g/mol. The lowest BCUT2D eigenvalue weighted by molar-refractivity contribution is -0.147. The van der Waals surface area contributed by atoms with Crippen molar-refractivity contribution in [3.8, 4) is 0 Å². The van der Waals surface area contributed by atoms with Crippen molar-refractivity contribution in [1.82, 2.24) is 4.90 Å². The minimum Gasteiger partial charge on any atom is -0.463 e. The molecule has 148 valence electrons. The van der Waals surface area contributed by atoms with Gasteiger partial charge in [-0.1, -0.05) is 41.9 Å². The molecule has 0 saturated heterocycles. The van der Waals surface area contributed by atoms with Gasteiger partial charge in [0.05, 0.1) is 5.71 Å². The van der Waals surface area contributed by atoms with E-state index in [1.54, 1.807) is 6.08 Å². The molecule has 0 unspecified atom stereocenters. The summed E-state index contributed by atoms with van der Waals surface area (Å²) in [6, 6.07) is 7.49. The number of aliphatic hydroxyl groups excluding tert-OH is 1. The number of rotatable bonds is 11. The first-order valence-electron chi connectivity index (χ1n) is 9.17. The zero-order valence-corrected chi connectivity index (χ0v) is 16.4. The second kappa shape index (κ2) is 11.1. The number of aliphatic hydroxyl groups is 1. The highest BCUT2D eigenvalue weighted by Crippen LogP contribution is 2.19. The third-order valence-corrected chi connectivity index (χ3v) is 4.37. The number of carbonyl (C=O) groups excluding carboxylic acids is 1. The van der Waals surface area contributed by atoms with Gasteiger partial charge in [-0.15, -0.1) is 6.58 Å². The molecular weight excluding hydrogens is 368 g/mol. The lowest BCUT2D eigenvalue weighted by atomic mass is 10.0. The zero-order chi connectivity index (χ0) is 19.6. The smallest absolute Gasteiger partial charge is 0.305 e. The first-order valence-corrected chi connectivity index (χ1v) is 9.55. The summed E-state index contributed by atoms with van der Waals surface area (Å²) in [5, 5.41) is 15.0. The molecule has 6 nitrogen and oxygen atoms in total. The number of carbonyl (C=O) groups is 1. The van der Waals surface area contributed by atoms with Gasteiger partial charge in [0, 0.05) is 37.5 Å². The fraction of sp³-hybridized carbons (Fsp3) is 0.500. The van der Waals surface area contributed by atoms with Gasteiger partial charge in [-0.05, 0) is 24.1 Å². The molecule has 2 rings (SSSR count). The highest BCUT2D eigenvalue weighted by molar-refractivity contribution is 6.30. The summed E-state index contributed by atoms with van der Waals surface area (Å²) in [5.41, 5.74) is 1.87. The van der Waals surface area contributed by atoms with Crippen molar-refractivity contribution >= 4 is 23.3 Å². The summed E-state index contributed by atoms with van der Waals surface area (Å²) in [7, 11) is 0.